The van der Waals surface area contributed by atoms with Crippen molar-refractivity contribution < 1.29 is 0 Å². The van der Waals surface area contributed by atoms with Gasteiger partial charge >= 0.3 is 0 Å². The van der Waals surface area contributed by atoms with E-state index in [1.807, 2.05) is 0 Å². The average molecular weight is 289 g/mol. The van der Waals surface area contributed by atoms with E-state index < -0.39 is 0 Å². The van der Waals surface area contributed by atoms with E-state index in [1.165, 1.54) is 36.9 Å². The fraction of sp³-hybridized carbons (Fsp3) is 0.667. The van der Waals surface area contributed by atoms with Crippen LogP contribution in [0.2, 0.25) is 0 Å². The van der Waals surface area contributed by atoms with Gasteiger partial charge in [-0.05, 0) is 51.0 Å². The van der Waals surface area contributed by atoms with Crippen molar-refractivity contribution in [3.05, 3.63) is 35.4 Å². The Kier molecular flexibility index (Phi) is 6.22. The predicted octanol–water partition coefficient (Wildman–Crippen LogP) is 2.66. The molecule has 3 nitrogen and oxygen atoms in total. The molecule has 2 unspecified atom stereocenters. The number of likely N-dealkylation sites (tertiary alicyclic amines) is 1. The molecule has 1 heterocycles. The van der Waals surface area contributed by atoms with Crippen LogP contribution in [0.3, 0.4) is 0 Å². The second kappa shape index (κ2) is 7.92. The molecule has 21 heavy (non-hydrogen) atoms. The largest absolute Gasteiger partial charge is 0.323 e. The Labute approximate surface area is 130 Å². The molecule has 0 aliphatic carbocycles. The minimum absolute atomic E-state index is 0.109. The quantitative estimate of drug-likeness (QED) is 0.837. The lowest BCUT2D eigenvalue weighted by atomic mass is 10.0. The Morgan fingerprint density at radius 1 is 1.33 bits per heavy atom. The summed E-state index contributed by atoms with van der Waals surface area (Å²) in [6, 6.07) is 9.66. The molecular formula is C18H31N3. The van der Waals surface area contributed by atoms with Crippen molar-refractivity contribution in [2.24, 2.45) is 5.73 Å². The lowest BCUT2D eigenvalue weighted by molar-refractivity contribution is 0.213. The minimum Gasteiger partial charge on any atom is -0.323 e. The second-order valence-electron chi connectivity index (χ2n) is 6.60. The summed E-state index contributed by atoms with van der Waals surface area (Å²) in [5.74, 6) is 0. The summed E-state index contributed by atoms with van der Waals surface area (Å²) in [6.45, 7) is 5.51. The van der Waals surface area contributed by atoms with E-state index >= 15 is 0 Å². The molecule has 0 amide bonds. The predicted molar refractivity (Wildman–Crippen MR) is 90.5 cm³/mol. The van der Waals surface area contributed by atoms with Crippen LogP contribution in [-0.2, 0) is 6.42 Å². The van der Waals surface area contributed by atoms with Crippen molar-refractivity contribution in [3.63, 3.8) is 0 Å². The van der Waals surface area contributed by atoms with Gasteiger partial charge in [-0.15, -0.1) is 0 Å². The van der Waals surface area contributed by atoms with Crippen molar-refractivity contribution in [1.82, 2.24) is 9.80 Å². The summed E-state index contributed by atoms with van der Waals surface area (Å²) in [4.78, 5) is 4.86. The summed E-state index contributed by atoms with van der Waals surface area (Å²) < 4.78 is 0. The zero-order valence-electron chi connectivity index (χ0n) is 13.9. The molecule has 3 heteroatoms. The van der Waals surface area contributed by atoms with Crippen molar-refractivity contribution in [3.8, 4) is 0 Å². The monoisotopic (exact) mass is 289 g/mol. The molecule has 1 aromatic rings. The smallest absolute Gasteiger partial charge is 0.0424 e. The van der Waals surface area contributed by atoms with Gasteiger partial charge < -0.3 is 15.5 Å². The molecule has 2 N–H and O–H groups in total. The maximum Gasteiger partial charge on any atom is 0.0424 e. The summed E-state index contributed by atoms with van der Waals surface area (Å²) >= 11 is 0. The first-order chi connectivity index (χ1) is 10.1. The molecule has 0 bridgehead atoms. The highest BCUT2D eigenvalue weighted by Gasteiger charge is 2.22. The van der Waals surface area contributed by atoms with E-state index in [-0.39, 0.29) is 6.04 Å². The van der Waals surface area contributed by atoms with E-state index in [0.29, 0.717) is 6.04 Å². The van der Waals surface area contributed by atoms with E-state index in [2.05, 4.69) is 55.1 Å². The number of nitrogens with two attached hydrogens (primary N) is 1. The lowest BCUT2D eigenvalue weighted by Crippen LogP contribution is -2.39. The maximum absolute atomic E-state index is 6.37. The SMILES string of the molecule is CCCc1ccc(C(N)CN(C)CC2CCCN2C)cc1. The maximum atomic E-state index is 6.37. The van der Waals surface area contributed by atoms with Crippen LogP contribution in [0.25, 0.3) is 0 Å². The molecule has 1 aliphatic rings. The average Bonchev–Trinajstić information content (AvgIpc) is 2.85. The number of nitrogens with zero attached hydrogens (tertiary/aromatic N) is 2. The van der Waals surface area contributed by atoms with Gasteiger partial charge in [-0.2, -0.15) is 0 Å². The zero-order chi connectivity index (χ0) is 15.2. The van der Waals surface area contributed by atoms with Crippen molar-refractivity contribution in [1.29, 1.82) is 0 Å². The summed E-state index contributed by atoms with van der Waals surface area (Å²) in [7, 11) is 4.43. The van der Waals surface area contributed by atoms with Gasteiger partial charge in [0.2, 0.25) is 0 Å². The molecule has 118 valence electrons. The Morgan fingerprint density at radius 2 is 2.05 bits per heavy atom. The van der Waals surface area contributed by atoms with Gasteiger partial charge in [-0.25, -0.2) is 0 Å². The Hall–Kier alpha value is -0.900. The molecule has 1 saturated heterocycles. The van der Waals surface area contributed by atoms with E-state index in [0.717, 1.165) is 19.5 Å². The highest BCUT2D eigenvalue weighted by Crippen LogP contribution is 2.17. The Balaban J connectivity index is 1.83. The third kappa shape index (κ3) is 4.80. The Morgan fingerprint density at radius 3 is 2.62 bits per heavy atom. The first-order valence-electron chi connectivity index (χ1n) is 8.33. The van der Waals surface area contributed by atoms with Gasteiger partial charge in [0, 0.05) is 25.2 Å². The number of rotatable bonds is 7. The van der Waals surface area contributed by atoms with Crippen LogP contribution in [0.5, 0.6) is 0 Å². The summed E-state index contributed by atoms with van der Waals surface area (Å²) in [5.41, 5.74) is 9.04. The molecule has 0 spiro atoms. The van der Waals surface area contributed by atoms with Crippen LogP contribution in [0.15, 0.2) is 24.3 Å². The van der Waals surface area contributed by atoms with Crippen LogP contribution in [0, 0.1) is 0 Å². The fourth-order valence-electron chi connectivity index (χ4n) is 3.31. The molecular weight excluding hydrogens is 258 g/mol. The third-order valence-electron chi connectivity index (χ3n) is 4.65. The standard InChI is InChI=1S/C18H31N3/c1-4-6-15-8-10-16(11-9-15)18(19)14-20(2)13-17-7-5-12-21(17)3/h8-11,17-18H,4-7,12-14,19H2,1-3H3. The number of hydrogen-bond donors (Lipinski definition) is 1. The second-order valence-corrected chi connectivity index (χ2v) is 6.60. The first-order valence-corrected chi connectivity index (χ1v) is 8.33. The van der Waals surface area contributed by atoms with Crippen LogP contribution in [-0.4, -0.2) is 49.6 Å². The number of likely N-dealkylation sites (N-methyl/N-ethyl adjacent to an activating group) is 2. The number of benzene rings is 1. The molecule has 2 atom stereocenters. The summed E-state index contributed by atoms with van der Waals surface area (Å²) in [6.07, 6.45) is 5.01. The first kappa shape index (κ1) is 16.5. The molecule has 1 fully saturated rings. The third-order valence-corrected chi connectivity index (χ3v) is 4.65. The van der Waals surface area contributed by atoms with Gasteiger partial charge in [0.1, 0.15) is 0 Å². The highest BCUT2D eigenvalue weighted by molar-refractivity contribution is 5.25. The normalized spacial score (nSPS) is 21.1. The molecule has 2 rings (SSSR count). The zero-order valence-corrected chi connectivity index (χ0v) is 13.9. The van der Waals surface area contributed by atoms with Crippen molar-refractivity contribution >= 4 is 0 Å². The lowest BCUT2D eigenvalue weighted by Gasteiger charge is -2.27. The molecule has 0 radical (unpaired) electrons. The molecule has 1 aromatic carbocycles. The number of aryl methyl sites for hydroxylation is 1. The van der Waals surface area contributed by atoms with Crippen molar-refractivity contribution in [2.75, 3.05) is 33.7 Å². The van der Waals surface area contributed by atoms with Gasteiger partial charge in [0.15, 0.2) is 0 Å². The molecule has 1 aliphatic heterocycles. The van der Waals surface area contributed by atoms with Crippen LogP contribution in [0.1, 0.15) is 43.4 Å². The van der Waals surface area contributed by atoms with Gasteiger partial charge in [-0.3, -0.25) is 0 Å². The van der Waals surface area contributed by atoms with E-state index in [1.54, 1.807) is 0 Å². The fourth-order valence-corrected chi connectivity index (χ4v) is 3.31. The minimum atomic E-state index is 0.109. The van der Waals surface area contributed by atoms with Gasteiger partial charge in [-0.1, -0.05) is 37.6 Å². The van der Waals surface area contributed by atoms with E-state index in [9.17, 15) is 0 Å². The van der Waals surface area contributed by atoms with Gasteiger partial charge in [0.25, 0.3) is 0 Å². The highest BCUT2D eigenvalue weighted by atomic mass is 15.2. The van der Waals surface area contributed by atoms with Crippen molar-refractivity contribution in [2.45, 2.75) is 44.7 Å². The van der Waals surface area contributed by atoms with Gasteiger partial charge in [0.05, 0.1) is 0 Å². The van der Waals surface area contributed by atoms with Crippen LogP contribution in [0.4, 0.5) is 0 Å². The molecule has 0 aromatic heterocycles. The summed E-state index contributed by atoms with van der Waals surface area (Å²) in [5, 5.41) is 0. The topological polar surface area (TPSA) is 32.5 Å². The number of hydrogen-bond acceptors (Lipinski definition) is 3. The molecule has 0 saturated carbocycles. The van der Waals surface area contributed by atoms with Crippen LogP contribution >= 0.6 is 0 Å². The Bertz CT molecular complexity index is 415. The van der Waals surface area contributed by atoms with Crippen LogP contribution < -0.4 is 5.73 Å². The van der Waals surface area contributed by atoms with E-state index in [4.69, 9.17) is 5.73 Å².